The summed E-state index contributed by atoms with van der Waals surface area (Å²) in [4.78, 5) is 13.0. The van der Waals surface area contributed by atoms with Crippen molar-refractivity contribution in [3.05, 3.63) is 89.5 Å². The second-order valence-electron chi connectivity index (χ2n) is 7.55. The minimum Gasteiger partial charge on any atom is -0.497 e. The van der Waals surface area contributed by atoms with Crippen molar-refractivity contribution in [1.82, 2.24) is 4.31 Å². The Balaban J connectivity index is 1.83. The minimum absolute atomic E-state index is 0.117. The number of amides is 1. The smallest absolute Gasteiger partial charge is 0.243 e. The number of hydrogen-bond donors (Lipinski definition) is 1. The van der Waals surface area contributed by atoms with E-state index in [0.717, 1.165) is 16.7 Å². The molecule has 0 spiro atoms. The van der Waals surface area contributed by atoms with Crippen LogP contribution in [0.1, 0.15) is 16.7 Å². The van der Waals surface area contributed by atoms with Crippen molar-refractivity contribution >= 4 is 21.6 Å². The molecule has 6 nitrogen and oxygen atoms in total. The zero-order valence-electron chi connectivity index (χ0n) is 18.5. The van der Waals surface area contributed by atoms with Crippen LogP contribution in [0.15, 0.2) is 77.7 Å². The molecule has 0 aliphatic heterocycles. The van der Waals surface area contributed by atoms with Crippen LogP contribution in [0.3, 0.4) is 0 Å². The van der Waals surface area contributed by atoms with Crippen molar-refractivity contribution in [3.8, 4) is 5.75 Å². The Hall–Kier alpha value is -3.16. The molecule has 32 heavy (non-hydrogen) atoms. The Morgan fingerprint density at radius 2 is 1.62 bits per heavy atom. The molecule has 0 bridgehead atoms. The zero-order valence-corrected chi connectivity index (χ0v) is 19.4. The summed E-state index contributed by atoms with van der Waals surface area (Å²) < 4.78 is 33.1. The Morgan fingerprint density at radius 3 is 2.28 bits per heavy atom. The molecule has 0 aliphatic carbocycles. The Bertz CT molecular complexity index is 1160. The quantitative estimate of drug-likeness (QED) is 0.528. The SMILES string of the molecule is COc1ccc(S(=O)(=O)N(CCc2ccccc2)CC(=O)Nc2cccc(C)c2C)cc1. The van der Waals surface area contributed by atoms with E-state index in [1.54, 1.807) is 12.1 Å². The van der Waals surface area contributed by atoms with Crippen molar-refractivity contribution in [3.63, 3.8) is 0 Å². The lowest BCUT2D eigenvalue weighted by atomic mass is 10.1. The number of nitrogens with zero attached hydrogens (tertiary/aromatic N) is 1. The molecule has 0 aliphatic rings. The first kappa shape index (κ1) is 23.5. The number of carbonyl (C=O) groups is 1. The Morgan fingerprint density at radius 1 is 0.938 bits per heavy atom. The molecule has 1 amide bonds. The van der Waals surface area contributed by atoms with Crippen LogP contribution in [-0.4, -0.2) is 38.8 Å². The van der Waals surface area contributed by atoms with E-state index in [1.165, 1.54) is 23.5 Å². The fourth-order valence-electron chi connectivity index (χ4n) is 3.32. The van der Waals surface area contributed by atoms with Gasteiger partial charge in [0.15, 0.2) is 0 Å². The number of sulfonamides is 1. The summed E-state index contributed by atoms with van der Waals surface area (Å²) in [5, 5.41) is 2.86. The third-order valence-electron chi connectivity index (χ3n) is 5.39. The molecule has 7 heteroatoms. The van der Waals surface area contributed by atoms with Crippen molar-refractivity contribution in [1.29, 1.82) is 0 Å². The Labute approximate surface area is 189 Å². The van der Waals surface area contributed by atoms with Crippen molar-refractivity contribution in [2.75, 3.05) is 25.5 Å². The highest BCUT2D eigenvalue weighted by atomic mass is 32.2. The maximum Gasteiger partial charge on any atom is 0.243 e. The molecule has 3 aromatic carbocycles. The highest BCUT2D eigenvalue weighted by Gasteiger charge is 2.27. The van der Waals surface area contributed by atoms with Crippen LogP contribution in [0.25, 0.3) is 0 Å². The van der Waals surface area contributed by atoms with Gasteiger partial charge < -0.3 is 10.1 Å². The van der Waals surface area contributed by atoms with E-state index in [-0.39, 0.29) is 23.9 Å². The lowest BCUT2D eigenvalue weighted by Crippen LogP contribution is -2.39. The fourth-order valence-corrected chi connectivity index (χ4v) is 4.71. The number of hydrogen-bond acceptors (Lipinski definition) is 4. The summed E-state index contributed by atoms with van der Waals surface area (Å²) in [7, 11) is -2.36. The lowest BCUT2D eigenvalue weighted by molar-refractivity contribution is -0.116. The van der Waals surface area contributed by atoms with Gasteiger partial charge in [-0.3, -0.25) is 4.79 Å². The molecule has 0 fully saturated rings. The number of benzene rings is 3. The molecule has 0 saturated heterocycles. The summed E-state index contributed by atoms with van der Waals surface area (Å²) in [6.07, 6.45) is 0.493. The number of anilines is 1. The monoisotopic (exact) mass is 452 g/mol. The molecule has 0 radical (unpaired) electrons. The number of methoxy groups -OCH3 is 1. The van der Waals surface area contributed by atoms with Gasteiger partial charge in [0.2, 0.25) is 15.9 Å². The predicted molar refractivity (Wildman–Crippen MR) is 126 cm³/mol. The van der Waals surface area contributed by atoms with Gasteiger partial charge in [0.1, 0.15) is 5.75 Å². The number of rotatable bonds is 9. The van der Waals surface area contributed by atoms with Crippen LogP contribution < -0.4 is 10.1 Å². The molecule has 0 aromatic heterocycles. The second kappa shape index (κ2) is 10.4. The molecular formula is C25H28N2O4S. The average Bonchev–Trinajstić information content (AvgIpc) is 2.80. The van der Waals surface area contributed by atoms with Gasteiger partial charge in [-0.05, 0) is 67.3 Å². The molecule has 0 heterocycles. The first-order valence-electron chi connectivity index (χ1n) is 10.4. The number of carbonyl (C=O) groups excluding carboxylic acids is 1. The van der Waals surface area contributed by atoms with E-state index in [9.17, 15) is 13.2 Å². The first-order valence-corrected chi connectivity index (χ1v) is 11.8. The summed E-state index contributed by atoms with van der Waals surface area (Å²) in [5.41, 5.74) is 3.68. The van der Waals surface area contributed by atoms with E-state index in [1.807, 2.05) is 62.4 Å². The van der Waals surface area contributed by atoms with Crippen molar-refractivity contribution in [2.45, 2.75) is 25.2 Å². The zero-order chi connectivity index (χ0) is 23.1. The van der Waals surface area contributed by atoms with Gasteiger partial charge >= 0.3 is 0 Å². The average molecular weight is 453 g/mol. The molecular weight excluding hydrogens is 424 g/mol. The minimum atomic E-state index is -3.88. The van der Waals surface area contributed by atoms with Gasteiger partial charge in [-0.25, -0.2) is 8.42 Å². The van der Waals surface area contributed by atoms with Gasteiger partial charge in [0.25, 0.3) is 0 Å². The van der Waals surface area contributed by atoms with Crippen LogP contribution in [0.5, 0.6) is 5.75 Å². The topological polar surface area (TPSA) is 75.7 Å². The molecule has 168 valence electrons. The molecule has 0 unspecified atom stereocenters. The maximum absolute atomic E-state index is 13.4. The van der Waals surface area contributed by atoms with Crippen LogP contribution in [-0.2, 0) is 21.2 Å². The van der Waals surface area contributed by atoms with Crippen molar-refractivity contribution < 1.29 is 17.9 Å². The summed E-state index contributed by atoms with van der Waals surface area (Å²) in [5.74, 6) is 0.177. The van der Waals surface area contributed by atoms with Gasteiger partial charge in [0.05, 0.1) is 18.6 Å². The second-order valence-corrected chi connectivity index (χ2v) is 9.48. The standard InChI is InChI=1S/C25H28N2O4S/c1-19-8-7-11-24(20(19)2)26-25(28)18-27(17-16-21-9-5-4-6-10-21)32(29,30)23-14-12-22(31-3)13-15-23/h4-15H,16-18H2,1-3H3,(H,26,28). The highest BCUT2D eigenvalue weighted by Crippen LogP contribution is 2.21. The first-order chi connectivity index (χ1) is 15.3. The summed E-state index contributed by atoms with van der Waals surface area (Å²) in [6.45, 7) is 3.78. The normalized spacial score (nSPS) is 11.4. The maximum atomic E-state index is 13.4. The van der Waals surface area contributed by atoms with E-state index in [0.29, 0.717) is 17.9 Å². The van der Waals surface area contributed by atoms with E-state index in [4.69, 9.17) is 4.74 Å². The van der Waals surface area contributed by atoms with Crippen LogP contribution in [0.4, 0.5) is 5.69 Å². The molecule has 0 saturated carbocycles. The van der Waals surface area contributed by atoms with Gasteiger partial charge in [-0.1, -0.05) is 42.5 Å². The van der Waals surface area contributed by atoms with Crippen molar-refractivity contribution in [2.24, 2.45) is 0 Å². The third kappa shape index (κ3) is 5.75. The molecule has 1 N–H and O–H groups in total. The van der Waals surface area contributed by atoms with Gasteiger partial charge in [-0.2, -0.15) is 4.31 Å². The van der Waals surface area contributed by atoms with Crippen LogP contribution in [0.2, 0.25) is 0 Å². The van der Waals surface area contributed by atoms with Gasteiger partial charge in [0, 0.05) is 12.2 Å². The van der Waals surface area contributed by atoms with E-state index < -0.39 is 10.0 Å². The molecule has 0 atom stereocenters. The Kier molecular flexibility index (Phi) is 7.66. The number of aryl methyl sites for hydroxylation is 1. The highest BCUT2D eigenvalue weighted by molar-refractivity contribution is 7.89. The summed E-state index contributed by atoms with van der Waals surface area (Å²) in [6, 6.07) is 21.4. The third-order valence-corrected chi connectivity index (χ3v) is 7.25. The van der Waals surface area contributed by atoms with Gasteiger partial charge in [-0.15, -0.1) is 0 Å². The van der Waals surface area contributed by atoms with Crippen LogP contribution >= 0.6 is 0 Å². The molecule has 3 aromatic rings. The number of nitrogens with one attached hydrogen (secondary N) is 1. The summed E-state index contributed by atoms with van der Waals surface area (Å²) >= 11 is 0. The number of ether oxygens (including phenoxy) is 1. The van der Waals surface area contributed by atoms with E-state index >= 15 is 0 Å². The largest absolute Gasteiger partial charge is 0.497 e. The fraction of sp³-hybridized carbons (Fsp3) is 0.240. The predicted octanol–water partition coefficient (Wildman–Crippen LogP) is 4.18. The molecule has 3 rings (SSSR count). The lowest BCUT2D eigenvalue weighted by Gasteiger charge is -2.22. The van der Waals surface area contributed by atoms with Crippen LogP contribution in [0, 0.1) is 13.8 Å². The van der Waals surface area contributed by atoms with E-state index in [2.05, 4.69) is 5.32 Å².